The standard InChI is InChI=1S/C22H22ClN3O2S/c1-15-17(23)9-5-10-18(15)26-21(28)14-24-20(27)13-25-22(19-11-6-12-29-19)16-7-3-2-4-8-16/h2-12,22,25H,13-14H2,1H3,(H,24,27)(H,26,28)/t22-/m1/s1. The van der Waals surface area contributed by atoms with Crippen molar-refractivity contribution in [2.24, 2.45) is 0 Å². The Balaban J connectivity index is 1.52. The van der Waals surface area contributed by atoms with Gasteiger partial charge in [-0.1, -0.05) is 54.1 Å². The quantitative estimate of drug-likeness (QED) is 0.506. The highest BCUT2D eigenvalue weighted by atomic mass is 35.5. The third-order valence-electron chi connectivity index (χ3n) is 4.42. The second-order valence-electron chi connectivity index (χ2n) is 6.48. The molecule has 1 atom stereocenters. The van der Waals surface area contributed by atoms with Crippen LogP contribution in [0.3, 0.4) is 0 Å². The SMILES string of the molecule is Cc1c(Cl)cccc1NC(=O)CNC(=O)CN[C@H](c1ccccc1)c1cccs1. The minimum atomic E-state index is -0.304. The smallest absolute Gasteiger partial charge is 0.243 e. The number of amides is 2. The van der Waals surface area contributed by atoms with Crippen LogP contribution in [0.1, 0.15) is 22.0 Å². The molecule has 0 aliphatic rings. The summed E-state index contributed by atoms with van der Waals surface area (Å²) in [6, 6.07) is 19.2. The molecule has 0 aliphatic carbocycles. The lowest BCUT2D eigenvalue weighted by molar-refractivity contribution is -0.123. The minimum Gasteiger partial charge on any atom is -0.346 e. The van der Waals surface area contributed by atoms with Crippen LogP contribution in [-0.4, -0.2) is 24.9 Å². The molecule has 0 bridgehead atoms. The number of hydrogen-bond acceptors (Lipinski definition) is 4. The zero-order chi connectivity index (χ0) is 20.6. The van der Waals surface area contributed by atoms with Crippen LogP contribution in [0.2, 0.25) is 5.02 Å². The average Bonchev–Trinajstić information content (AvgIpc) is 3.25. The van der Waals surface area contributed by atoms with Crippen molar-refractivity contribution in [1.82, 2.24) is 10.6 Å². The van der Waals surface area contributed by atoms with E-state index in [-0.39, 0.29) is 30.9 Å². The van der Waals surface area contributed by atoms with Gasteiger partial charge in [0.05, 0.1) is 19.1 Å². The molecule has 150 valence electrons. The first kappa shape index (κ1) is 21.0. The van der Waals surface area contributed by atoms with Gasteiger partial charge in [-0.3, -0.25) is 14.9 Å². The topological polar surface area (TPSA) is 70.2 Å². The molecular weight excluding hydrogens is 406 g/mol. The molecule has 0 aliphatic heterocycles. The molecular formula is C22H22ClN3O2S. The van der Waals surface area contributed by atoms with Crippen molar-refractivity contribution < 1.29 is 9.59 Å². The number of carbonyl (C=O) groups is 2. The van der Waals surface area contributed by atoms with Crippen LogP contribution in [0.5, 0.6) is 0 Å². The summed E-state index contributed by atoms with van der Waals surface area (Å²) in [7, 11) is 0. The van der Waals surface area contributed by atoms with E-state index in [1.54, 1.807) is 29.5 Å². The Labute approximate surface area is 179 Å². The van der Waals surface area contributed by atoms with Gasteiger partial charge in [-0.25, -0.2) is 0 Å². The fourth-order valence-electron chi connectivity index (χ4n) is 2.86. The van der Waals surface area contributed by atoms with Gasteiger partial charge in [0, 0.05) is 15.6 Å². The Morgan fingerprint density at radius 3 is 2.48 bits per heavy atom. The molecule has 3 N–H and O–H groups in total. The summed E-state index contributed by atoms with van der Waals surface area (Å²) in [5.74, 6) is -0.554. The normalized spacial score (nSPS) is 11.7. The summed E-state index contributed by atoms with van der Waals surface area (Å²) in [5, 5.41) is 11.3. The summed E-state index contributed by atoms with van der Waals surface area (Å²) in [6.07, 6.45) is 0. The third-order valence-corrected chi connectivity index (χ3v) is 5.76. The predicted octanol–water partition coefficient (Wildman–Crippen LogP) is 4.14. The van der Waals surface area contributed by atoms with E-state index in [1.807, 2.05) is 54.8 Å². The fourth-order valence-corrected chi connectivity index (χ4v) is 3.86. The molecule has 0 unspecified atom stereocenters. The third kappa shape index (κ3) is 5.90. The van der Waals surface area contributed by atoms with E-state index in [1.165, 1.54) is 0 Å². The van der Waals surface area contributed by atoms with Gasteiger partial charge >= 0.3 is 0 Å². The van der Waals surface area contributed by atoms with Gasteiger partial charge in [0.15, 0.2) is 0 Å². The number of carbonyl (C=O) groups excluding carboxylic acids is 2. The molecule has 5 nitrogen and oxygen atoms in total. The van der Waals surface area contributed by atoms with Crippen LogP contribution in [-0.2, 0) is 9.59 Å². The second-order valence-corrected chi connectivity index (χ2v) is 7.86. The monoisotopic (exact) mass is 427 g/mol. The van der Waals surface area contributed by atoms with E-state index < -0.39 is 0 Å². The summed E-state index contributed by atoms with van der Waals surface area (Å²) >= 11 is 7.69. The van der Waals surface area contributed by atoms with Gasteiger partial charge in [0.2, 0.25) is 11.8 Å². The summed E-state index contributed by atoms with van der Waals surface area (Å²) in [5.41, 5.74) is 2.51. The summed E-state index contributed by atoms with van der Waals surface area (Å²) in [4.78, 5) is 25.5. The number of rotatable bonds is 8. The maximum atomic E-state index is 12.3. The van der Waals surface area contributed by atoms with E-state index in [2.05, 4.69) is 16.0 Å². The van der Waals surface area contributed by atoms with E-state index >= 15 is 0 Å². The molecule has 29 heavy (non-hydrogen) atoms. The van der Waals surface area contributed by atoms with E-state index in [4.69, 9.17) is 11.6 Å². The molecule has 3 aromatic rings. The van der Waals surface area contributed by atoms with Crippen LogP contribution >= 0.6 is 22.9 Å². The van der Waals surface area contributed by atoms with Crippen LogP contribution in [0.25, 0.3) is 0 Å². The number of thiophene rings is 1. The molecule has 1 aromatic heterocycles. The Morgan fingerprint density at radius 1 is 0.966 bits per heavy atom. The number of anilines is 1. The number of nitrogens with one attached hydrogen (secondary N) is 3. The molecule has 0 radical (unpaired) electrons. The van der Waals surface area contributed by atoms with Crippen LogP contribution in [0.15, 0.2) is 66.0 Å². The summed E-state index contributed by atoms with van der Waals surface area (Å²) < 4.78 is 0. The van der Waals surface area contributed by atoms with Crippen molar-refractivity contribution >= 4 is 40.4 Å². The lowest BCUT2D eigenvalue weighted by atomic mass is 10.1. The van der Waals surface area contributed by atoms with Crippen molar-refractivity contribution in [1.29, 1.82) is 0 Å². The Hall–Kier alpha value is -2.67. The predicted molar refractivity (Wildman–Crippen MR) is 118 cm³/mol. The first-order valence-electron chi connectivity index (χ1n) is 9.18. The maximum absolute atomic E-state index is 12.3. The van der Waals surface area contributed by atoms with Gasteiger partial charge in [0.25, 0.3) is 0 Å². The Morgan fingerprint density at radius 2 is 1.76 bits per heavy atom. The second kappa shape index (κ2) is 10.2. The largest absolute Gasteiger partial charge is 0.346 e. The molecule has 7 heteroatoms. The lowest BCUT2D eigenvalue weighted by Crippen LogP contribution is -2.39. The van der Waals surface area contributed by atoms with Crippen molar-refractivity contribution in [2.75, 3.05) is 18.4 Å². The van der Waals surface area contributed by atoms with Crippen LogP contribution < -0.4 is 16.0 Å². The molecule has 3 rings (SSSR count). The summed E-state index contributed by atoms with van der Waals surface area (Å²) in [6.45, 7) is 1.82. The van der Waals surface area contributed by atoms with Crippen molar-refractivity contribution in [2.45, 2.75) is 13.0 Å². The number of benzene rings is 2. The number of hydrogen-bond donors (Lipinski definition) is 3. The zero-order valence-corrected chi connectivity index (χ0v) is 17.5. The molecule has 0 fully saturated rings. The molecule has 1 heterocycles. The molecule has 0 spiro atoms. The molecule has 2 amide bonds. The highest BCUT2D eigenvalue weighted by molar-refractivity contribution is 7.10. The molecule has 0 saturated heterocycles. The minimum absolute atomic E-state index is 0.0788. The van der Waals surface area contributed by atoms with Gasteiger partial charge in [-0.05, 0) is 41.6 Å². The van der Waals surface area contributed by atoms with Gasteiger partial charge < -0.3 is 10.6 Å². The Kier molecular flexibility index (Phi) is 7.41. The highest BCUT2D eigenvalue weighted by Crippen LogP contribution is 2.25. The Bertz CT molecular complexity index is 961. The average molecular weight is 428 g/mol. The highest BCUT2D eigenvalue weighted by Gasteiger charge is 2.16. The van der Waals surface area contributed by atoms with Gasteiger partial charge in [-0.2, -0.15) is 0 Å². The zero-order valence-electron chi connectivity index (χ0n) is 15.9. The molecule has 2 aromatic carbocycles. The van der Waals surface area contributed by atoms with Crippen molar-refractivity contribution in [3.8, 4) is 0 Å². The fraction of sp³-hybridized carbons (Fsp3) is 0.182. The number of halogens is 1. The first-order chi connectivity index (χ1) is 14.0. The van der Waals surface area contributed by atoms with Crippen LogP contribution in [0.4, 0.5) is 5.69 Å². The van der Waals surface area contributed by atoms with E-state index in [9.17, 15) is 9.59 Å². The van der Waals surface area contributed by atoms with Gasteiger partial charge in [-0.15, -0.1) is 11.3 Å². The van der Waals surface area contributed by atoms with Gasteiger partial charge in [0.1, 0.15) is 0 Å². The van der Waals surface area contributed by atoms with Crippen molar-refractivity contribution in [3.63, 3.8) is 0 Å². The molecule has 0 saturated carbocycles. The maximum Gasteiger partial charge on any atom is 0.243 e. The van der Waals surface area contributed by atoms with Crippen LogP contribution in [0, 0.1) is 6.92 Å². The first-order valence-corrected chi connectivity index (χ1v) is 10.4. The van der Waals surface area contributed by atoms with Crippen molar-refractivity contribution in [3.05, 3.63) is 87.1 Å². The lowest BCUT2D eigenvalue weighted by Gasteiger charge is -2.18. The van der Waals surface area contributed by atoms with E-state index in [0.29, 0.717) is 10.7 Å². The van der Waals surface area contributed by atoms with E-state index in [0.717, 1.165) is 16.0 Å².